The van der Waals surface area contributed by atoms with Crippen LogP contribution in [-0.4, -0.2) is 39.4 Å². The van der Waals surface area contributed by atoms with E-state index in [9.17, 15) is 0 Å². The van der Waals surface area contributed by atoms with Crippen molar-refractivity contribution in [2.45, 2.75) is 26.4 Å². The molecule has 5 heteroatoms. The van der Waals surface area contributed by atoms with E-state index in [1.165, 1.54) is 10.8 Å². The molecule has 0 radical (unpaired) electrons. The Balaban J connectivity index is 1.34. The fraction of sp³-hybridized carbons (Fsp3) is 0.368. The third-order valence-corrected chi connectivity index (χ3v) is 4.62. The molecule has 0 saturated carbocycles. The molecule has 0 spiro atoms. The van der Waals surface area contributed by atoms with Crippen LogP contribution in [0.5, 0.6) is 5.75 Å². The average molecular weight is 322 g/mol. The molecule has 0 bridgehead atoms. The maximum Gasteiger partial charge on any atom is 0.147 e. The van der Waals surface area contributed by atoms with Crippen molar-refractivity contribution >= 4 is 10.8 Å². The molecular formula is C19H22N4O. The standard InChI is InChI=1S/C19H22N4O/c1-2-18-20-21-19-14-22(9-10-23(18)19)11-12-24-17-8-7-15-5-3-4-6-16(15)13-17/h3-8,13H,2,9-12,14H2,1H3. The molecule has 124 valence electrons. The monoisotopic (exact) mass is 322 g/mol. The lowest BCUT2D eigenvalue weighted by atomic mass is 10.1. The van der Waals surface area contributed by atoms with Crippen molar-refractivity contribution in [1.82, 2.24) is 19.7 Å². The Morgan fingerprint density at radius 3 is 2.79 bits per heavy atom. The van der Waals surface area contributed by atoms with Gasteiger partial charge in [0.15, 0.2) is 0 Å². The van der Waals surface area contributed by atoms with E-state index in [0.717, 1.165) is 50.0 Å². The summed E-state index contributed by atoms with van der Waals surface area (Å²) in [5, 5.41) is 11.0. The summed E-state index contributed by atoms with van der Waals surface area (Å²) in [6, 6.07) is 14.6. The van der Waals surface area contributed by atoms with Crippen LogP contribution in [0.25, 0.3) is 10.8 Å². The van der Waals surface area contributed by atoms with Crippen LogP contribution in [0.15, 0.2) is 42.5 Å². The Morgan fingerprint density at radius 2 is 1.92 bits per heavy atom. The van der Waals surface area contributed by atoms with Crippen molar-refractivity contribution < 1.29 is 4.74 Å². The number of benzene rings is 2. The number of hydrogen-bond acceptors (Lipinski definition) is 4. The first-order chi connectivity index (χ1) is 11.8. The molecular weight excluding hydrogens is 300 g/mol. The van der Waals surface area contributed by atoms with Crippen LogP contribution < -0.4 is 4.74 Å². The zero-order chi connectivity index (χ0) is 16.4. The fourth-order valence-corrected chi connectivity index (χ4v) is 3.27. The van der Waals surface area contributed by atoms with E-state index < -0.39 is 0 Å². The summed E-state index contributed by atoms with van der Waals surface area (Å²) in [6.07, 6.45) is 0.943. The smallest absolute Gasteiger partial charge is 0.147 e. The van der Waals surface area contributed by atoms with Gasteiger partial charge in [-0.05, 0) is 22.9 Å². The summed E-state index contributed by atoms with van der Waals surface area (Å²) in [4.78, 5) is 2.38. The Kier molecular flexibility index (Phi) is 4.17. The maximum atomic E-state index is 5.95. The van der Waals surface area contributed by atoms with Gasteiger partial charge in [-0.2, -0.15) is 0 Å². The number of fused-ring (bicyclic) bond motifs is 2. The van der Waals surface area contributed by atoms with Crippen molar-refractivity contribution in [3.05, 3.63) is 54.1 Å². The van der Waals surface area contributed by atoms with E-state index in [2.05, 4.69) is 63.0 Å². The van der Waals surface area contributed by atoms with Gasteiger partial charge in [0, 0.05) is 26.1 Å². The summed E-state index contributed by atoms with van der Waals surface area (Å²) >= 11 is 0. The van der Waals surface area contributed by atoms with Gasteiger partial charge in [-0.1, -0.05) is 37.3 Å². The Morgan fingerprint density at radius 1 is 1.04 bits per heavy atom. The van der Waals surface area contributed by atoms with Crippen LogP contribution in [0, 0.1) is 0 Å². The van der Waals surface area contributed by atoms with Gasteiger partial charge in [-0.25, -0.2) is 0 Å². The fourth-order valence-electron chi connectivity index (χ4n) is 3.27. The first-order valence-electron chi connectivity index (χ1n) is 8.58. The van der Waals surface area contributed by atoms with Crippen molar-refractivity contribution in [3.63, 3.8) is 0 Å². The summed E-state index contributed by atoms with van der Waals surface area (Å²) < 4.78 is 8.20. The number of hydrogen-bond donors (Lipinski definition) is 0. The van der Waals surface area contributed by atoms with Crippen LogP contribution in [0.3, 0.4) is 0 Å². The predicted molar refractivity (Wildman–Crippen MR) is 94.1 cm³/mol. The zero-order valence-electron chi connectivity index (χ0n) is 14.0. The van der Waals surface area contributed by atoms with Gasteiger partial charge in [-0.15, -0.1) is 10.2 Å². The van der Waals surface area contributed by atoms with Crippen molar-refractivity contribution in [3.8, 4) is 5.75 Å². The highest BCUT2D eigenvalue weighted by molar-refractivity contribution is 5.83. The van der Waals surface area contributed by atoms with Gasteiger partial charge in [0.1, 0.15) is 24.0 Å². The van der Waals surface area contributed by atoms with Crippen molar-refractivity contribution in [1.29, 1.82) is 0 Å². The minimum absolute atomic E-state index is 0.688. The van der Waals surface area contributed by atoms with Gasteiger partial charge in [0.25, 0.3) is 0 Å². The van der Waals surface area contributed by atoms with E-state index in [0.29, 0.717) is 6.61 Å². The maximum absolute atomic E-state index is 5.95. The number of rotatable bonds is 5. The van der Waals surface area contributed by atoms with E-state index in [4.69, 9.17) is 4.74 Å². The molecule has 4 rings (SSSR count). The van der Waals surface area contributed by atoms with Crippen LogP contribution >= 0.6 is 0 Å². The molecule has 1 aliphatic heterocycles. The summed E-state index contributed by atoms with van der Waals surface area (Å²) in [5.41, 5.74) is 0. The lowest BCUT2D eigenvalue weighted by molar-refractivity contribution is 0.174. The average Bonchev–Trinajstić information content (AvgIpc) is 3.04. The first kappa shape index (κ1) is 15.1. The Labute approximate surface area is 141 Å². The highest BCUT2D eigenvalue weighted by atomic mass is 16.5. The Bertz CT molecular complexity index is 842. The molecule has 0 amide bonds. The molecule has 0 N–H and O–H groups in total. The molecule has 0 atom stereocenters. The number of aryl methyl sites for hydroxylation is 1. The van der Waals surface area contributed by atoms with Crippen LogP contribution in [-0.2, 0) is 19.5 Å². The highest BCUT2D eigenvalue weighted by Gasteiger charge is 2.20. The molecule has 2 aromatic carbocycles. The topological polar surface area (TPSA) is 43.2 Å². The largest absolute Gasteiger partial charge is 0.492 e. The summed E-state index contributed by atoms with van der Waals surface area (Å²) in [5.74, 6) is 3.10. The second-order valence-electron chi connectivity index (χ2n) is 6.17. The van der Waals surface area contributed by atoms with E-state index in [1.54, 1.807) is 0 Å². The molecule has 5 nitrogen and oxygen atoms in total. The van der Waals surface area contributed by atoms with Crippen LogP contribution in [0.4, 0.5) is 0 Å². The normalized spacial score (nSPS) is 14.7. The van der Waals surface area contributed by atoms with Crippen LogP contribution in [0.1, 0.15) is 18.6 Å². The molecule has 2 heterocycles. The SMILES string of the molecule is CCc1nnc2n1CCN(CCOc1ccc3ccccc3c1)C2. The van der Waals surface area contributed by atoms with E-state index in [1.807, 2.05) is 6.07 Å². The van der Waals surface area contributed by atoms with Gasteiger partial charge in [0.2, 0.25) is 0 Å². The number of aromatic nitrogens is 3. The van der Waals surface area contributed by atoms with Crippen molar-refractivity contribution in [2.75, 3.05) is 19.7 Å². The molecule has 24 heavy (non-hydrogen) atoms. The molecule has 0 saturated heterocycles. The lowest BCUT2D eigenvalue weighted by Gasteiger charge is -2.27. The number of ether oxygens (including phenoxy) is 1. The first-order valence-corrected chi connectivity index (χ1v) is 8.58. The summed E-state index contributed by atoms with van der Waals surface area (Å²) in [7, 11) is 0. The molecule has 3 aromatic rings. The third-order valence-electron chi connectivity index (χ3n) is 4.62. The minimum atomic E-state index is 0.688. The van der Waals surface area contributed by atoms with Crippen LogP contribution in [0.2, 0.25) is 0 Å². The van der Waals surface area contributed by atoms with Gasteiger partial charge in [0.05, 0.1) is 6.54 Å². The van der Waals surface area contributed by atoms with E-state index in [-0.39, 0.29) is 0 Å². The highest BCUT2D eigenvalue weighted by Crippen LogP contribution is 2.20. The second kappa shape index (κ2) is 6.61. The molecule has 0 aliphatic carbocycles. The van der Waals surface area contributed by atoms with Crippen molar-refractivity contribution in [2.24, 2.45) is 0 Å². The molecule has 0 unspecified atom stereocenters. The summed E-state index contributed by atoms with van der Waals surface area (Å²) in [6.45, 7) is 6.57. The zero-order valence-corrected chi connectivity index (χ0v) is 14.0. The van der Waals surface area contributed by atoms with Gasteiger partial charge in [-0.3, -0.25) is 4.90 Å². The van der Waals surface area contributed by atoms with Gasteiger partial charge >= 0.3 is 0 Å². The second-order valence-corrected chi connectivity index (χ2v) is 6.17. The molecule has 1 aliphatic rings. The predicted octanol–water partition coefficient (Wildman–Crippen LogP) is 2.89. The van der Waals surface area contributed by atoms with Gasteiger partial charge < -0.3 is 9.30 Å². The Hall–Kier alpha value is -2.40. The minimum Gasteiger partial charge on any atom is -0.492 e. The number of nitrogens with zero attached hydrogens (tertiary/aromatic N) is 4. The molecule has 0 fully saturated rings. The molecule has 1 aromatic heterocycles. The van der Waals surface area contributed by atoms with E-state index >= 15 is 0 Å². The third kappa shape index (κ3) is 2.99. The lowest BCUT2D eigenvalue weighted by Crippen LogP contribution is -2.36. The quantitative estimate of drug-likeness (QED) is 0.724.